The standard InChI is InChI=1S/C27H31F2N5O2/c1-17(2)34-9-11-36-26-22(28)13-20(14-24(26)34)25-23(29)15-30-27(32-25)31-21-5-4-19-16-33(8-10-35-3)7-6-18(19)12-21/h4-5,12-15,17H,6-11,16H2,1-3H3,(H,30,31,32). The summed E-state index contributed by atoms with van der Waals surface area (Å²) in [5.74, 6) is -0.704. The Labute approximate surface area is 210 Å². The summed E-state index contributed by atoms with van der Waals surface area (Å²) < 4.78 is 40.5. The Balaban J connectivity index is 1.40. The summed E-state index contributed by atoms with van der Waals surface area (Å²) in [6.07, 6.45) is 2.05. The minimum atomic E-state index is -0.616. The van der Waals surface area contributed by atoms with Crippen molar-refractivity contribution < 1.29 is 18.3 Å². The van der Waals surface area contributed by atoms with Gasteiger partial charge in [0, 0.05) is 44.0 Å². The number of rotatable bonds is 7. The van der Waals surface area contributed by atoms with Gasteiger partial charge >= 0.3 is 0 Å². The van der Waals surface area contributed by atoms with Crippen molar-refractivity contribution in [3.8, 4) is 17.0 Å². The molecule has 0 unspecified atom stereocenters. The van der Waals surface area contributed by atoms with Gasteiger partial charge in [0.25, 0.3) is 0 Å². The van der Waals surface area contributed by atoms with Crippen LogP contribution in [0.4, 0.5) is 26.1 Å². The van der Waals surface area contributed by atoms with Crippen molar-refractivity contribution in [1.82, 2.24) is 14.9 Å². The minimum absolute atomic E-state index is 0.0372. The van der Waals surface area contributed by atoms with Crippen molar-refractivity contribution in [2.24, 2.45) is 0 Å². The van der Waals surface area contributed by atoms with Crippen LogP contribution < -0.4 is 15.0 Å². The van der Waals surface area contributed by atoms with Crippen LogP contribution in [0, 0.1) is 11.6 Å². The molecule has 5 rings (SSSR count). The first-order chi connectivity index (χ1) is 17.4. The SMILES string of the molecule is COCCN1CCc2cc(Nc3ncc(F)c(-c4cc(F)c5c(c4)N(C(C)C)CCO5)n3)ccc2C1. The summed E-state index contributed by atoms with van der Waals surface area (Å²) >= 11 is 0. The van der Waals surface area contributed by atoms with Crippen molar-refractivity contribution in [2.75, 3.05) is 50.2 Å². The van der Waals surface area contributed by atoms with Gasteiger partial charge in [-0.05, 0) is 55.7 Å². The molecule has 0 saturated carbocycles. The summed E-state index contributed by atoms with van der Waals surface area (Å²) in [5.41, 5.74) is 4.36. The highest BCUT2D eigenvalue weighted by molar-refractivity contribution is 5.73. The molecule has 3 aromatic rings. The van der Waals surface area contributed by atoms with E-state index in [1.54, 1.807) is 13.2 Å². The highest BCUT2D eigenvalue weighted by Gasteiger charge is 2.26. The van der Waals surface area contributed by atoms with Crippen LogP contribution in [0.25, 0.3) is 11.3 Å². The van der Waals surface area contributed by atoms with E-state index in [1.807, 2.05) is 24.8 Å². The number of ether oxygens (including phenoxy) is 2. The number of nitrogens with one attached hydrogen (secondary N) is 1. The number of aromatic nitrogens is 2. The smallest absolute Gasteiger partial charge is 0.227 e. The van der Waals surface area contributed by atoms with Crippen molar-refractivity contribution in [2.45, 2.75) is 32.9 Å². The molecule has 36 heavy (non-hydrogen) atoms. The zero-order valence-corrected chi connectivity index (χ0v) is 20.9. The predicted molar refractivity (Wildman–Crippen MR) is 136 cm³/mol. The predicted octanol–water partition coefficient (Wildman–Crippen LogP) is 4.78. The molecule has 2 aliphatic heterocycles. The first-order valence-electron chi connectivity index (χ1n) is 12.3. The summed E-state index contributed by atoms with van der Waals surface area (Å²) in [6, 6.07) is 9.31. The topological polar surface area (TPSA) is 62.8 Å². The zero-order valence-electron chi connectivity index (χ0n) is 20.9. The van der Waals surface area contributed by atoms with Crippen molar-refractivity contribution >= 4 is 17.3 Å². The number of anilines is 3. The Morgan fingerprint density at radius 1 is 1.11 bits per heavy atom. The van der Waals surface area contributed by atoms with Gasteiger partial charge in [-0.1, -0.05) is 6.07 Å². The van der Waals surface area contributed by atoms with Gasteiger partial charge in [-0.15, -0.1) is 0 Å². The third-order valence-corrected chi connectivity index (χ3v) is 6.72. The van der Waals surface area contributed by atoms with Gasteiger partial charge < -0.3 is 19.7 Å². The van der Waals surface area contributed by atoms with E-state index in [9.17, 15) is 8.78 Å². The zero-order chi connectivity index (χ0) is 25.2. The van der Waals surface area contributed by atoms with Gasteiger partial charge in [-0.3, -0.25) is 4.90 Å². The molecule has 0 radical (unpaired) electrons. The molecule has 2 aliphatic rings. The van der Waals surface area contributed by atoms with Crippen LogP contribution in [0.3, 0.4) is 0 Å². The summed E-state index contributed by atoms with van der Waals surface area (Å²) in [5, 5.41) is 3.19. The van der Waals surface area contributed by atoms with Crippen LogP contribution >= 0.6 is 0 Å². The van der Waals surface area contributed by atoms with E-state index in [0.717, 1.165) is 44.5 Å². The monoisotopic (exact) mass is 495 g/mol. The molecular weight excluding hydrogens is 464 g/mol. The van der Waals surface area contributed by atoms with E-state index < -0.39 is 11.6 Å². The summed E-state index contributed by atoms with van der Waals surface area (Å²) in [4.78, 5) is 13.0. The molecule has 0 atom stereocenters. The molecule has 1 N–H and O–H groups in total. The fraction of sp³-hybridized carbons (Fsp3) is 0.407. The van der Waals surface area contributed by atoms with Gasteiger partial charge in [-0.2, -0.15) is 0 Å². The Morgan fingerprint density at radius 3 is 2.78 bits per heavy atom. The van der Waals surface area contributed by atoms with Gasteiger partial charge in [0.1, 0.15) is 12.3 Å². The molecule has 0 amide bonds. The van der Waals surface area contributed by atoms with E-state index in [-0.39, 0.29) is 23.4 Å². The van der Waals surface area contributed by atoms with Gasteiger partial charge in [0.2, 0.25) is 5.95 Å². The van der Waals surface area contributed by atoms with Crippen LogP contribution in [-0.4, -0.2) is 60.9 Å². The number of benzene rings is 2. The molecule has 0 bridgehead atoms. The third kappa shape index (κ3) is 4.99. The molecule has 2 aromatic carbocycles. The molecule has 3 heterocycles. The van der Waals surface area contributed by atoms with Crippen molar-refractivity contribution in [3.63, 3.8) is 0 Å². The fourth-order valence-electron chi connectivity index (χ4n) is 4.83. The Morgan fingerprint density at radius 2 is 1.97 bits per heavy atom. The first kappa shape index (κ1) is 24.4. The highest BCUT2D eigenvalue weighted by atomic mass is 19.1. The van der Waals surface area contributed by atoms with E-state index in [4.69, 9.17) is 9.47 Å². The van der Waals surface area contributed by atoms with Crippen molar-refractivity contribution in [1.29, 1.82) is 0 Å². The second kappa shape index (κ2) is 10.4. The number of hydrogen-bond donors (Lipinski definition) is 1. The molecule has 0 spiro atoms. The Bertz CT molecular complexity index is 1250. The lowest BCUT2D eigenvalue weighted by Gasteiger charge is -2.34. The fourth-order valence-corrected chi connectivity index (χ4v) is 4.83. The average molecular weight is 496 g/mol. The maximum Gasteiger partial charge on any atom is 0.227 e. The lowest BCUT2D eigenvalue weighted by Crippen LogP contribution is -2.38. The number of hydrogen-bond acceptors (Lipinski definition) is 7. The molecular formula is C27H31F2N5O2. The first-order valence-corrected chi connectivity index (χ1v) is 12.3. The van der Waals surface area contributed by atoms with E-state index in [2.05, 4.69) is 32.3 Å². The van der Waals surface area contributed by atoms with E-state index in [0.29, 0.717) is 24.4 Å². The average Bonchev–Trinajstić information content (AvgIpc) is 2.88. The van der Waals surface area contributed by atoms with E-state index in [1.165, 1.54) is 17.2 Å². The maximum absolute atomic E-state index is 14.9. The molecule has 0 aliphatic carbocycles. The van der Waals surface area contributed by atoms with Crippen LogP contribution in [0.15, 0.2) is 36.5 Å². The number of halogens is 2. The summed E-state index contributed by atoms with van der Waals surface area (Å²) in [7, 11) is 1.72. The second-order valence-electron chi connectivity index (χ2n) is 9.46. The largest absolute Gasteiger partial charge is 0.486 e. The number of fused-ring (bicyclic) bond motifs is 2. The third-order valence-electron chi connectivity index (χ3n) is 6.72. The van der Waals surface area contributed by atoms with Crippen LogP contribution in [0.1, 0.15) is 25.0 Å². The lowest BCUT2D eigenvalue weighted by molar-refractivity contribution is 0.141. The molecule has 0 fully saturated rings. The highest BCUT2D eigenvalue weighted by Crippen LogP contribution is 2.39. The lowest BCUT2D eigenvalue weighted by atomic mass is 9.99. The Hall–Kier alpha value is -3.30. The van der Waals surface area contributed by atoms with Crippen LogP contribution in [-0.2, 0) is 17.7 Å². The normalized spacial score (nSPS) is 15.4. The quantitative estimate of drug-likeness (QED) is 0.506. The number of methoxy groups -OCH3 is 1. The number of nitrogens with zero attached hydrogens (tertiary/aromatic N) is 4. The van der Waals surface area contributed by atoms with Gasteiger partial charge in [0.15, 0.2) is 17.4 Å². The summed E-state index contributed by atoms with van der Waals surface area (Å²) in [6.45, 7) is 8.58. The van der Waals surface area contributed by atoms with E-state index >= 15 is 0 Å². The molecule has 0 saturated heterocycles. The molecule has 1 aromatic heterocycles. The Kier molecular flexibility index (Phi) is 7.02. The van der Waals surface area contributed by atoms with Crippen LogP contribution in [0.2, 0.25) is 0 Å². The van der Waals surface area contributed by atoms with Gasteiger partial charge in [-0.25, -0.2) is 18.7 Å². The van der Waals surface area contributed by atoms with Crippen molar-refractivity contribution in [3.05, 3.63) is 59.3 Å². The van der Waals surface area contributed by atoms with Gasteiger partial charge in [0.05, 0.1) is 25.0 Å². The molecule has 9 heteroatoms. The minimum Gasteiger partial charge on any atom is -0.486 e. The maximum atomic E-state index is 14.9. The second-order valence-corrected chi connectivity index (χ2v) is 9.46. The molecule has 190 valence electrons. The van der Waals surface area contributed by atoms with Crippen LogP contribution in [0.5, 0.6) is 5.75 Å². The molecule has 7 nitrogen and oxygen atoms in total.